The van der Waals surface area contributed by atoms with E-state index in [0.717, 1.165) is 6.42 Å². The van der Waals surface area contributed by atoms with E-state index >= 15 is 0 Å². The highest BCUT2D eigenvalue weighted by molar-refractivity contribution is 5.93. The Morgan fingerprint density at radius 3 is 3.09 bits per heavy atom. The van der Waals surface area contributed by atoms with E-state index in [1.165, 1.54) is 0 Å². The van der Waals surface area contributed by atoms with E-state index in [-0.39, 0.29) is 23.8 Å². The molecule has 0 bridgehead atoms. The van der Waals surface area contributed by atoms with E-state index in [4.69, 9.17) is 9.47 Å². The van der Waals surface area contributed by atoms with Gasteiger partial charge < -0.3 is 19.9 Å². The Kier molecular flexibility index (Phi) is 4.59. The summed E-state index contributed by atoms with van der Waals surface area (Å²) in [7, 11) is 1.63. The van der Waals surface area contributed by atoms with E-state index in [9.17, 15) is 9.90 Å². The second kappa shape index (κ2) is 6.80. The molecule has 23 heavy (non-hydrogen) atoms. The molecule has 0 spiro atoms. The molecule has 0 radical (unpaired) electrons. The lowest BCUT2D eigenvalue weighted by molar-refractivity contribution is -0.0349. The number of nitrogens with one attached hydrogen (secondary N) is 2. The number of benzene rings is 1. The van der Waals surface area contributed by atoms with Crippen LogP contribution < -0.4 is 5.32 Å². The number of phenolic OH excluding ortho intramolecular Hbond substituents is 1. The highest BCUT2D eigenvalue weighted by Crippen LogP contribution is 2.27. The number of H-pyrrole nitrogens is 1. The molecule has 1 aliphatic heterocycles. The number of methoxy groups -OCH3 is 1. The number of amides is 1. The maximum Gasteiger partial charge on any atom is 0.269 e. The topological polar surface area (TPSA) is 96.5 Å². The minimum absolute atomic E-state index is 0.0618. The Balaban J connectivity index is 1.72. The minimum Gasteiger partial charge on any atom is -0.507 e. The summed E-state index contributed by atoms with van der Waals surface area (Å²) >= 11 is 0. The van der Waals surface area contributed by atoms with Crippen LogP contribution in [-0.2, 0) is 9.47 Å². The fourth-order valence-electron chi connectivity index (χ4n) is 2.65. The van der Waals surface area contributed by atoms with E-state index in [1.807, 2.05) is 0 Å². The van der Waals surface area contributed by atoms with Crippen molar-refractivity contribution in [2.45, 2.75) is 18.6 Å². The highest BCUT2D eigenvalue weighted by Gasteiger charge is 2.28. The van der Waals surface area contributed by atoms with Crippen LogP contribution in [-0.4, -0.2) is 53.7 Å². The van der Waals surface area contributed by atoms with E-state index in [1.54, 1.807) is 37.4 Å². The van der Waals surface area contributed by atoms with Gasteiger partial charge in [-0.2, -0.15) is 5.10 Å². The average molecular weight is 317 g/mol. The van der Waals surface area contributed by atoms with Gasteiger partial charge in [-0.1, -0.05) is 12.1 Å². The first-order valence-electron chi connectivity index (χ1n) is 7.44. The third kappa shape index (κ3) is 3.35. The quantitative estimate of drug-likeness (QED) is 0.790. The molecule has 1 fully saturated rings. The van der Waals surface area contributed by atoms with Gasteiger partial charge in [0.25, 0.3) is 5.91 Å². The monoisotopic (exact) mass is 317 g/mol. The predicted molar refractivity (Wildman–Crippen MR) is 83.2 cm³/mol. The number of carbonyl (C=O) groups is 1. The van der Waals surface area contributed by atoms with Gasteiger partial charge in [-0.3, -0.25) is 9.89 Å². The first-order chi connectivity index (χ1) is 11.2. The van der Waals surface area contributed by atoms with Crippen molar-refractivity contribution in [3.8, 4) is 17.0 Å². The first kappa shape index (κ1) is 15.5. The lowest BCUT2D eigenvalue weighted by Crippen LogP contribution is -2.50. The Hall–Kier alpha value is -2.38. The van der Waals surface area contributed by atoms with Gasteiger partial charge in [-0.15, -0.1) is 0 Å². The number of para-hydroxylation sites is 1. The number of phenols is 1. The molecule has 0 saturated carbocycles. The third-order valence-electron chi connectivity index (χ3n) is 3.91. The van der Waals surface area contributed by atoms with Gasteiger partial charge in [0.05, 0.1) is 24.4 Å². The SMILES string of the molecule is CO[C@@H]1CCOC[C@H]1NC(=O)c1cc(-c2ccccc2O)n[nH]1. The largest absolute Gasteiger partial charge is 0.507 e. The third-order valence-corrected chi connectivity index (χ3v) is 3.91. The molecule has 3 N–H and O–H groups in total. The number of hydrogen-bond acceptors (Lipinski definition) is 5. The standard InChI is InChI=1S/C16H19N3O4/c1-22-15-6-7-23-9-13(15)17-16(21)12-8-11(18-19-12)10-4-2-3-5-14(10)20/h2-5,8,13,15,20H,6-7,9H2,1H3,(H,17,21)(H,18,19)/t13-,15-/m1/s1. The molecule has 7 nitrogen and oxygen atoms in total. The van der Waals surface area contributed by atoms with Gasteiger partial charge in [0.15, 0.2) is 0 Å². The number of ether oxygens (including phenoxy) is 2. The summed E-state index contributed by atoms with van der Waals surface area (Å²) in [5.74, 6) is -0.164. The fourth-order valence-corrected chi connectivity index (χ4v) is 2.65. The van der Waals surface area contributed by atoms with Gasteiger partial charge in [-0.05, 0) is 24.6 Å². The van der Waals surface area contributed by atoms with Gasteiger partial charge in [0.2, 0.25) is 0 Å². The van der Waals surface area contributed by atoms with Crippen molar-refractivity contribution < 1.29 is 19.4 Å². The molecule has 3 rings (SSSR count). The second-order valence-electron chi connectivity index (χ2n) is 5.40. The van der Waals surface area contributed by atoms with Gasteiger partial charge in [0, 0.05) is 19.3 Å². The number of aromatic hydroxyl groups is 1. The number of nitrogens with zero attached hydrogens (tertiary/aromatic N) is 1. The molecule has 2 atom stereocenters. The highest BCUT2D eigenvalue weighted by atomic mass is 16.5. The number of carbonyl (C=O) groups excluding carboxylic acids is 1. The van der Waals surface area contributed by atoms with Crippen LogP contribution in [0.2, 0.25) is 0 Å². The van der Waals surface area contributed by atoms with E-state index in [0.29, 0.717) is 30.2 Å². The maximum absolute atomic E-state index is 12.3. The zero-order valence-corrected chi connectivity index (χ0v) is 12.8. The Labute approximate surface area is 133 Å². The molecule has 1 aliphatic rings. The Morgan fingerprint density at radius 2 is 2.30 bits per heavy atom. The fraction of sp³-hybridized carbons (Fsp3) is 0.375. The Bertz CT molecular complexity index is 685. The molecule has 7 heteroatoms. The van der Waals surface area contributed by atoms with Gasteiger partial charge in [-0.25, -0.2) is 0 Å². The molecule has 2 aromatic rings. The van der Waals surface area contributed by atoms with Gasteiger partial charge in [0.1, 0.15) is 11.4 Å². The van der Waals surface area contributed by atoms with Crippen molar-refractivity contribution in [2.75, 3.05) is 20.3 Å². The van der Waals surface area contributed by atoms with Crippen LogP contribution in [0, 0.1) is 0 Å². The van der Waals surface area contributed by atoms with E-state index in [2.05, 4.69) is 15.5 Å². The van der Waals surface area contributed by atoms with Crippen molar-refractivity contribution in [3.63, 3.8) is 0 Å². The number of rotatable bonds is 4. The maximum atomic E-state index is 12.3. The van der Waals surface area contributed by atoms with Crippen molar-refractivity contribution in [1.82, 2.24) is 15.5 Å². The molecule has 1 saturated heterocycles. The van der Waals surface area contributed by atoms with Crippen molar-refractivity contribution in [1.29, 1.82) is 0 Å². The van der Waals surface area contributed by atoms with E-state index < -0.39 is 0 Å². The molecule has 1 aromatic heterocycles. The molecule has 122 valence electrons. The second-order valence-corrected chi connectivity index (χ2v) is 5.40. The van der Waals surface area contributed by atoms with Crippen LogP contribution >= 0.6 is 0 Å². The number of aromatic amines is 1. The lowest BCUT2D eigenvalue weighted by atomic mass is 10.1. The van der Waals surface area contributed by atoms with Crippen LogP contribution in [0.25, 0.3) is 11.3 Å². The molecule has 1 aromatic carbocycles. The van der Waals surface area contributed by atoms with Crippen LogP contribution in [0.4, 0.5) is 0 Å². The minimum atomic E-state index is -0.281. The Morgan fingerprint density at radius 1 is 1.48 bits per heavy atom. The summed E-state index contributed by atoms with van der Waals surface area (Å²) in [5.41, 5.74) is 1.40. The molecule has 0 aliphatic carbocycles. The molecular formula is C16H19N3O4. The van der Waals surface area contributed by atoms with Crippen molar-refractivity contribution >= 4 is 5.91 Å². The summed E-state index contributed by atoms with van der Waals surface area (Å²) < 4.78 is 10.8. The normalized spacial score (nSPS) is 21.1. The van der Waals surface area contributed by atoms with Crippen LogP contribution in [0.1, 0.15) is 16.9 Å². The summed E-state index contributed by atoms with van der Waals surface area (Å²) in [6.45, 7) is 1.05. The van der Waals surface area contributed by atoms with Crippen molar-refractivity contribution in [3.05, 3.63) is 36.0 Å². The molecule has 2 heterocycles. The molecule has 1 amide bonds. The lowest BCUT2D eigenvalue weighted by Gasteiger charge is -2.30. The predicted octanol–water partition coefficient (Wildman–Crippen LogP) is 1.32. The van der Waals surface area contributed by atoms with Crippen LogP contribution in [0.3, 0.4) is 0 Å². The zero-order valence-electron chi connectivity index (χ0n) is 12.8. The zero-order chi connectivity index (χ0) is 16.2. The first-order valence-corrected chi connectivity index (χ1v) is 7.44. The smallest absolute Gasteiger partial charge is 0.269 e. The average Bonchev–Trinajstić information content (AvgIpc) is 3.05. The summed E-state index contributed by atoms with van der Waals surface area (Å²) in [6.07, 6.45) is 0.682. The van der Waals surface area contributed by atoms with Crippen molar-refractivity contribution in [2.24, 2.45) is 0 Å². The summed E-state index contributed by atoms with van der Waals surface area (Å²) in [4.78, 5) is 12.3. The number of hydrogen-bond donors (Lipinski definition) is 3. The van der Waals surface area contributed by atoms with Crippen LogP contribution in [0.5, 0.6) is 5.75 Å². The molecule has 0 unspecified atom stereocenters. The number of aromatic nitrogens is 2. The van der Waals surface area contributed by atoms with Gasteiger partial charge >= 0.3 is 0 Å². The molecular weight excluding hydrogens is 298 g/mol. The summed E-state index contributed by atoms with van der Waals surface area (Å²) in [5, 5.41) is 19.5. The summed E-state index contributed by atoms with van der Waals surface area (Å²) in [6, 6.07) is 8.25. The van der Waals surface area contributed by atoms with Crippen LogP contribution in [0.15, 0.2) is 30.3 Å².